The molecule has 1 aliphatic heterocycles. The zero-order valence-corrected chi connectivity index (χ0v) is 18.4. The number of anilines is 1. The number of carbonyl (C=O) groups is 1. The number of hydrogen-bond acceptors (Lipinski definition) is 5. The molecule has 1 amide bonds. The van der Waals surface area contributed by atoms with Crippen LogP contribution in [0, 0.1) is 6.92 Å². The van der Waals surface area contributed by atoms with Crippen molar-refractivity contribution in [2.75, 3.05) is 38.1 Å². The molecule has 0 saturated carbocycles. The van der Waals surface area contributed by atoms with Gasteiger partial charge in [-0.25, -0.2) is 4.98 Å². The summed E-state index contributed by atoms with van der Waals surface area (Å²) in [5, 5.41) is 4.09. The molecule has 0 bridgehead atoms. The van der Waals surface area contributed by atoms with Crippen molar-refractivity contribution in [3.63, 3.8) is 0 Å². The normalized spacial score (nSPS) is 14.7. The Bertz CT molecular complexity index is 993. The first-order valence-electron chi connectivity index (χ1n) is 10.4. The van der Waals surface area contributed by atoms with Crippen LogP contribution in [-0.2, 0) is 13.0 Å². The second kappa shape index (κ2) is 9.41. The summed E-state index contributed by atoms with van der Waals surface area (Å²) < 4.78 is 0. The summed E-state index contributed by atoms with van der Waals surface area (Å²) in [6.07, 6.45) is 0.756. The first-order chi connectivity index (χ1) is 14.6. The molecule has 5 nitrogen and oxygen atoms in total. The Hall–Kier alpha value is -2.70. The minimum absolute atomic E-state index is 0.0440. The number of rotatable bonds is 6. The molecule has 4 rings (SSSR count). The first-order valence-corrected chi connectivity index (χ1v) is 11.2. The van der Waals surface area contributed by atoms with Crippen LogP contribution in [-0.4, -0.2) is 49.0 Å². The van der Waals surface area contributed by atoms with Gasteiger partial charge in [-0.3, -0.25) is 4.79 Å². The summed E-state index contributed by atoms with van der Waals surface area (Å²) in [5.41, 5.74) is 4.38. The molecule has 1 N–H and O–H groups in total. The maximum absolute atomic E-state index is 12.9. The molecule has 0 aliphatic carbocycles. The highest BCUT2D eigenvalue weighted by atomic mass is 32.1. The minimum atomic E-state index is -0.0440. The Kier molecular flexibility index (Phi) is 6.45. The van der Waals surface area contributed by atoms with Crippen molar-refractivity contribution >= 4 is 22.9 Å². The van der Waals surface area contributed by atoms with E-state index in [-0.39, 0.29) is 5.91 Å². The molecule has 30 heavy (non-hydrogen) atoms. The fourth-order valence-electron chi connectivity index (χ4n) is 3.78. The van der Waals surface area contributed by atoms with Crippen LogP contribution in [0.4, 0.5) is 5.69 Å². The number of para-hydroxylation sites is 1. The van der Waals surface area contributed by atoms with Crippen LogP contribution in [0.25, 0.3) is 0 Å². The summed E-state index contributed by atoms with van der Waals surface area (Å²) in [5.74, 6) is -0.0440. The van der Waals surface area contributed by atoms with Crippen molar-refractivity contribution in [1.29, 1.82) is 0 Å². The highest BCUT2D eigenvalue weighted by Gasteiger charge is 2.19. The number of likely N-dealkylation sites (N-methyl/N-ethyl adjacent to an activating group) is 1. The zero-order valence-electron chi connectivity index (χ0n) is 17.6. The van der Waals surface area contributed by atoms with E-state index in [1.165, 1.54) is 22.6 Å². The molecule has 0 unspecified atom stereocenters. The minimum Gasteiger partial charge on any atom is -0.369 e. The predicted octanol–water partition coefficient (Wildman–Crippen LogP) is 3.72. The molecular weight excluding hydrogens is 392 g/mol. The van der Waals surface area contributed by atoms with Crippen LogP contribution in [0.1, 0.15) is 31.5 Å². The van der Waals surface area contributed by atoms with E-state index in [1.807, 2.05) is 31.2 Å². The number of piperazine rings is 1. The monoisotopic (exact) mass is 420 g/mol. The van der Waals surface area contributed by atoms with Crippen molar-refractivity contribution in [2.45, 2.75) is 19.9 Å². The van der Waals surface area contributed by atoms with Crippen LogP contribution in [0.5, 0.6) is 0 Å². The van der Waals surface area contributed by atoms with E-state index in [2.05, 4.69) is 57.5 Å². The second-order valence-electron chi connectivity index (χ2n) is 7.79. The van der Waals surface area contributed by atoms with E-state index in [4.69, 9.17) is 0 Å². The van der Waals surface area contributed by atoms with Crippen LogP contribution < -0.4 is 10.2 Å². The van der Waals surface area contributed by atoms with Crippen LogP contribution in [0.2, 0.25) is 0 Å². The Labute approximate surface area is 182 Å². The van der Waals surface area contributed by atoms with E-state index >= 15 is 0 Å². The number of aromatic nitrogens is 1. The zero-order chi connectivity index (χ0) is 20.9. The lowest BCUT2D eigenvalue weighted by molar-refractivity contribution is 0.0954. The molecule has 1 aromatic heterocycles. The summed E-state index contributed by atoms with van der Waals surface area (Å²) in [4.78, 5) is 23.0. The van der Waals surface area contributed by atoms with Gasteiger partial charge < -0.3 is 15.1 Å². The molecule has 1 aliphatic rings. The summed E-state index contributed by atoms with van der Waals surface area (Å²) >= 11 is 1.49. The van der Waals surface area contributed by atoms with Gasteiger partial charge in [-0.05, 0) is 31.2 Å². The molecule has 0 atom stereocenters. The van der Waals surface area contributed by atoms with Gasteiger partial charge >= 0.3 is 0 Å². The second-order valence-corrected chi connectivity index (χ2v) is 8.87. The number of nitrogens with one attached hydrogen (secondary N) is 1. The van der Waals surface area contributed by atoms with Gasteiger partial charge in [0.15, 0.2) is 0 Å². The molecule has 1 saturated heterocycles. The lowest BCUT2D eigenvalue weighted by Gasteiger charge is -2.35. The van der Waals surface area contributed by atoms with E-state index in [1.54, 1.807) is 0 Å². The highest BCUT2D eigenvalue weighted by molar-refractivity contribution is 7.13. The number of nitrogens with zero attached hydrogens (tertiary/aromatic N) is 3. The van der Waals surface area contributed by atoms with Crippen molar-refractivity contribution < 1.29 is 4.79 Å². The topological polar surface area (TPSA) is 48.5 Å². The third-order valence-corrected chi connectivity index (χ3v) is 6.68. The van der Waals surface area contributed by atoms with Gasteiger partial charge in [-0.15, -0.1) is 11.3 Å². The number of benzene rings is 2. The lowest BCUT2D eigenvalue weighted by atomic mass is 10.1. The Balaban J connectivity index is 1.42. The Morgan fingerprint density at radius 1 is 1.03 bits per heavy atom. The largest absolute Gasteiger partial charge is 0.369 e. The van der Waals surface area contributed by atoms with Gasteiger partial charge in [-0.2, -0.15) is 0 Å². The third kappa shape index (κ3) is 4.89. The molecule has 0 spiro atoms. The molecule has 3 aromatic rings. The fraction of sp³-hybridized carbons (Fsp3) is 0.333. The van der Waals surface area contributed by atoms with Crippen molar-refractivity contribution in [2.24, 2.45) is 0 Å². The van der Waals surface area contributed by atoms with Crippen LogP contribution >= 0.6 is 11.3 Å². The Morgan fingerprint density at radius 2 is 1.73 bits per heavy atom. The number of hydrogen-bond donors (Lipinski definition) is 1. The Morgan fingerprint density at radius 3 is 2.50 bits per heavy atom. The summed E-state index contributed by atoms with van der Waals surface area (Å²) in [6.45, 7) is 6.58. The molecule has 2 aromatic carbocycles. The number of carbonyl (C=O) groups excluding carboxylic acids is 1. The van der Waals surface area contributed by atoms with E-state index in [0.717, 1.165) is 48.9 Å². The maximum atomic E-state index is 12.9. The van der Waals surface area contributed by atoms with Gasteiger partial charge in [0.2, 0.25) is 0 Å². The summed E-state index contributed by atoms with van der Waals surface area (Å²) in [6, 6.07) is 18.6. The predicted molar refractivity (Wildman–Crippen MR) is 123 cm³/mol. The van der Waals surface area contributed by atoms with Crippen molar-refractivity contribution in [3.8, 4) is 0 Å². The van der Waals surface area contributed by atoms with Crippen molar-refractivity contribution in [3.05, 3.63) is 81.3 Å². The molecule has 0 radical (unpaired) electrons. The van der Waals surface area contributed by atoms with Gasteiger partial charge in [0.05, 0.1) is 10.7 Å². The quantitative estimate of drug-likeness (QED) is 0.660. The van der Waals surface area contributed by atoms with Gasteiger partial charge in [-0.1, -0.05) is 48.5 Å². The van der Waals surface area contributed by atoms with Crippen molar-refractivity contribution in [1.82, 2.24) is 15.2 Å². The summed E-state index contributed by atoms with van der Waals surface area (Å²) in [7, 11) is 2.16. The van der Waals surface area contributed by atoms with E-state index < -0.39 is 0 Å². The van der Waals surface area contributed by atoms with E-state index in [9.17, 15) is 4.79 Å². The number of aryl methyl sites for hydroxylation is 1. The van der Waals surface area contributed by atoms with Crippen LogP contribution in [0.15, 0.2) is 54.6 Å². The molecular formula is C24H28N4OS. The molecule has 6 heteroatoms. The fourth-order valence-corrected chi connectivity index (χ4v) is 4.80. The smallest absolute Gasteiger partial charge is 0.263 e. The standard InChI is InChI=1S/C24H28N4OS/c1-18-23(30-22(26-18)16-19-8-4-3-5-9-19)24(29)25-17-20-10-6-7-11-21(20)28-14-12-27(2)13-15-28/h3-11H,12-17H2,1-2H3,(H,25,29). The van der Waals surface area contributed by atoms with Gasteiger partial charge in [0.1, 0.15) is 4.88 Å². The average molecular weight is 421 g/mol. The third-order valence-electron chi connectivity index (χ3n) is 5.52. The number of amides is 1. The molecule has 2 heterocycles. The number of thiazole rings is 1. The first kappa shape index (κ1) is 20.6. The lowest BCUT2D eigenvalue weighted by Crippen LogP contribution is -2.45. The van der Waals surface area contributed by atoms with Crippen LogP contribution in [0.3, 0.4) is 0 Å². The van der Waals surface area contributed by atoms with Gasteiger partial charge in [0.25, 0.3) is 5.91 Å². The van der Waals surface area contributed by atoms with Gasteiger partial charge in [0, 0.05) is 44.8 Å². The average Bonchev–Trinajstić information content (AvgIpc) is 3.13. The highest BCUT2D eigenvalue weighted by Crippen LogP contribution is 2.23. The molecule has 156 valence electrons. The molecule has 1 fully saturated rings. The SMILES string of the molecule is Cc1nc(Cc2ccccc2)sc1C(=O)NCc1ccccc1N1CCN(C)CC1. The maximum Gasteiger partial charge on any atom is 0.263 e. The van der Waals surface area contributed by atoms with E-state index in [0.29, 0.717) is 11.4 Å².